The third-order valence-electron chi connectivity index (χ3n) is 2.89. The Labute approximate surface area is 129 Å². The van der Waals surface area contributed by atoms with Gasteiger partial charge in [0, 0.05) is 5.57 Å². The summed E-state index contributed by atoms with van der Waals surface area (Å²) in [4.78, 5) is 35.6. The van der Waals surface area contributed by atoms with Crippen LogP contribution in [0.25, 0.3) is 6.08 Å². The highest BCUT2D eigenvalue weighted by Gasteiger charge is 2.30. The van der Waals surface area contributed by atoms with E-state index in [1.54, 1.807) is 31.2 Å². The van der Waals surface area contributed by atoms with Crippen molar-refractivity contribution in [1.29, 1.82) is 0 Å². The molecule has 0 spiro atoms. The maximum Gasteiger partial charge on any atom is 0.237 e. The second-order valence-electron chi connectivity index (χ2n) is 4.08. The van der Waals surface area contributed by atoms with E-state index in [0.29, 0.717) is 5.57 Å². The number of furan rings is 1. The molecule has 114 valence electrons. The Bertz CT molecular complexity index is 697. The third kappa shape index (κ3) is 3.28. The number of allylic oxidation sites excluding steroid dienone is 6. The molecule has 0 fully saturated rings. The van der Waals surface area contributed by atoms with Crippen molar-refractivity contribution >= 4 is 23.4 Å². The minimum absolute atomic E-state index is 0.0360. The second-order valence-corrected chi connectivity index (χ2v) is 4.08. The highest BCUT2D eigenvalue weighted by atomic mass is 16.3. The Kier molecular flexibility index (Phi) is 6.20. The number of ketones is 3. The van der Waals surface area contributed by atoms with Crippen LogP contribution >= 0.6 is 0 Å². The summed E-state index contributed by atoms with van der Waals surface area (Å²) < 4.78 is 5.17. The lowest BCUT2D eigenvalue weighted by atomic mass is 9.93. The standard InChI is InChI=1S/C16H12O4.C2H6/c1-3-5-6-10(4-2)15(18)11-9-20-13-8-7-12(17)16(19)14(11)13;1-2/h3-9H,1H2,2H3;1-2H3/b6-5-,10-4+;. The molecule has 1 aromatic rings. The Morgan fingerprint density at radius 3 is 2.50 bits per heavy atom. The van der Waals surface area contributed by atoms with Crippen molar-refractivity contribution in [3.8, 4) is 0 Å². The summed E-state index contributed by atoms with van der Waals surface area (Å²) in [5.74, 6) is -1.51. The van der Waals surface area contributed by atoms with Crippen LogP contribution in [0.5, 0.6) is 0 Å². The zero-order chi connectivity index (χ0) is 16.7. The fourth-order valence-electron chi connectivity index (χ4n) is 1.88. The van der Waals surface area contributed by atoms with Crippen LogP contribution in [0.2, 0.25) is 0 Å². The van der Waals surface area contributed by atoms with E-state index >= 15 is 0 Å². The monoisotopic (exact) mass is 298 g/mol. The van der Waals surface area contributed by atoms with Crippen molar-refractivity contribution in [3.63, 3.8) is 0 Å². The molecule has 0 aliphatic heterocycles. The van der Waals surface area contributed by atoms with Crippen molar-refractivity contribution in [2.75, 3.05) is 0 Å². The first-order valence-electron chi connectivity index (χ1n) is 6.98. The van der Waals surface area contributed by atoms with Gasteiger partial charge in [-0.2, -0.15) is 0 Å². The summed E-state index contributed by atoms with van der Waals surface area (Å²) in [6.45, 7) is 9.24. The van der Waals surface area contributed by atoms with Crippen molar-refractivity contribution in [2.24, 2.45) is 0 Å². The van der Waals surface area contributed by atoms with E-state index in [0.717, 1.165) is 6.08 Å². The van der Waals surface area contributed by atoms with Crippen LogP contribution in [-0.2, 0) is 4.79 Å². The van der Waals surface area contributed by atoms with Gasteiger partial charge in [0.2, 0.25) is 11.6 Å². The Balaban J connectivity index is 0.00000116. The van der Waals surface area contributed by atoms with Gasteiger partial charge in [-0.1, -0.05) is 44.7 Å². The molecule has 0 bridgehead atoms. The molecule has 4 nitrogen and oxygen atoms in total. The summed E-state index contributed by atoms with van der Waals surface area (Å²) in [7, 11) is 0. The molecular formula is C18H18O4. The average Bonchev–Trinajstić information content (AvgIpc) is 2.98. The number of rotatable bonds is 4. The number of Topliss-reactive ketones (excluding diaryl/α,β-unsaturated/α-hetero) is 2. The van der Waals surface area contributed by atoms with E-state index in [1.807, 2.05) is 13.8 Å². The quantitative estimate of drug-likeness (QED) is 0.365. The van der Waals surface area contributed by atoms with Gasteiger partial charge in [-0.3, -0.25) is 14.4 Å². The molecule has 0 saturated heterocycles. The molecule has 0 unspecified atom stereocenters. The molecule has 0 aromatic carbocycles. The molecule has 0 saturated carbocycles. The van der Waals surface area contributed by atoms with E-state index in [1.165, 1.54) is 12.3 Å². The topological polar surface area (TPSA) is 64.3 Å². The number of carbonyl (C=O) groups is 3. The first kappa shape index (κ1) is 17.3. The SMILES string of the molecule is C=C/C=C\C(=C/C)C(=O)c1coc2c1C(=O)C(=O)C=C2.CC. The van der Waals surface area contributed by atoms with Crippen LogP contribution < -0.4 is 0 Å². The lowest BCUT2D eigenvalue weighted by Crippen LogP contribution is -2.18. The van der Waals surface area contributed by atoms with Gasteiger partial charge in [0.15, 0.2) is 5.78 Å². The van der Waals surface area contributed by atoms with Gasteiger partial charge in [0.1, 0.15) is 12.0 Å². The van der Waals surface area contributed by atoms with E-state index in [4.69, 9.17) is 4.42 Å². The second kappa shape index (κ2) is 7.88. The lowest BCUT2D eigenvalue weighted by molar-refractivity contribution is -0.110. The van der Waals surface area contributed by atoms with Gasteiger partial charge >= 0.3 is 0 Å². The molecule has 0 radical (unpaired) electrons. The first-order chi connectivity index (χ1) is 10.6. The summed E-state index contributed by atoms with van der Waals surface area (Å²) >= 11 is 0. The van der Waals surface area contributed by atoms with Gasteiger partial charge < -0.3 is 4.42 Å². The van der Waals surface area contributed by atoms with Gasteiger partial charge in [0.25, 0.3) is 0 Å². The molecule has 4 heteroatoms. The molecule has 22 heavy (non-hydrogen) atoms. The minimum Gasteiger partial charge on any atom is -0.463 e. The zero-order valence-corrected chi connectivity index (χ0v) is 12.9. The molecule has 0 atom stereocenters. The Morgan fingerprint density at radius 1 is 1.23 bits per heavy atom. The maximum atomic E-state index is 12.4. The zero-order valence-electron chi connectivity index (χ0n) is 12.9. The van der Waals surface area contributed by atoms with Crippen LogP contribution in [0.15, 0.2) is 53.2 Å². The summed E-state index contributed by atoms with van der Waals surface area (Å²) in [5.41, 5.74) is 0.529. The van der Waals surface area contributed by atoms with Gasteiger partial charge in [-0.25, -0.2) is 0 Å². The van der Waals surface area contributed by atoms with Crippen LogP contribution in [0.3, 0.4) is 0 Å². The minimum atomic E-state index is -0.720. The number of fused-ring (bicyclic) bond motifs is 1. The number of carbonyl (C=O) groups excluding carboxylic acids is 3. The van der Waals surface area contributed by atoms with Crippen LogP contribution in [-0.4, -0.2) is 17.3 Å². The Morgan fingerprint density at radius 2 is 1.91 bits per heavy atom. The molecule has 1 aliphatic carbocycles. The smallest absolute Gasteiger partial charge is 0.237 e. The highest BCUT2D eigenvalue weighted by molar-refractivity contribution is 6.51. The van der Waals surface area contributed by atoms with Gasteiger partial charge in [-0.15, -0.1) is 0 Å². The largest absolute Gasteiger partial charge is 0.463 e. The van der Waals surface area contributed by atoms with E-state index in [-0.39, 0.29) is 22.7 Å². The van der Waals surface area contributed by atoms with Crippen molar-refractivity contribution in [3.05, 3.63) is 65.7 Å². The van der Waals surface area contributed by atoms with Crippen molar-refractivity contribution in [1.82, 2.24) is 0 Å². The molecule has 1 aliphatic rings. The van der Waals surface area contributed by atoms with Crippen LogP contribution in [0.1, 0.15) is 47.2 Å². The van der Waals surface area contributed by atoms with Gasteiger partial charge in [0.05, 0.1) is 11.1 Å². The van der Waals surface area contributed by atoms with Crippen molar-refractivity contribution in [2.45, 2.75) is 20.8 Å². The number of hydrogen-bond acceptors (Lipinski definition) is 4. The molecule has 0 amide bonds. The fourth-order valence-corrected chi connectivity index (χ4v) is 1.88. The predicted molar refractivity (Wildman–Crippen MR) is 85.9 cm³/mol. The van der Waals surface area contributed by atoms with Gasteiger partial charge in [-0.05, 0) is 19.1 Å². The molecular weight excluding hydrogens is 280 g/mol. The molecule has 2 rings (SSSR count). The van der Waals surface area contributed by atoms with E-state index in [2.05, 4.69) is 6.58 Å². The maximum absolute atomic E-state index is 12.4. The lowest BCUT2D eigenvalue weighted by Gasteiger charge is -2.04. The molecule has 0 N–H and O–H groups in total. The average molecular weight is 298 g/mol. The Hall–Kier alpha value is -2.75. The summed E-state index contributed by atoms with van der Waals surface area (Å²) in [6, 6.07) is 0. The third-order valence-corrected chi connectivity index (χ3v) is 2.89. The fraction of sp³-hybridized carbons (Fsp3) is 0.167. The number of hydrogen-bond donors (Lipinski definition) is 0. The summed E-state index contributed by atoms with van der Waals surface area (Å²) in [6.07, 6.45) is 10.1. The molecule has 1 aromatic heterocycles. The van der Waals surface area contributed by atoms with E-state index in [9.17, 15) is 14.4 Å². The van der Waals surface area contributed by atoms with Crippen molar-refractivity contribution < 1.29 is 18.8 Å². The van der Waals surface area contributed by atoms with E-state index < -0.39 is 11.6 Å². The normalized spacial score (nSPS) is 13.7. The van der Waals surface area contributed by atoms with Crippen LogP contribution in [0.4, 0.5) is 0 Å². The molecule has 1 heterocycles. The predicted octanol–water partition coefficient (Wildman–Crippen LogP) is 3.96. The van der Waals surface area contributed by atoms with Crippen LogP contribution in [0, 0.1) is 0 Å². The first-order valence-corrected chi connectivity index (χ1v) is 6.98. The highest BCUT2D eigenvalue weighted by Crippen LogP contribution is 2.26. The summed E-state index contributed by atoms with van der Waals surface area (Å²) in [5, 5.41) is 0.